The van der Waals surface area contributed by atoms with E-state index in [1.165, 1.54) is 10.6 Å². The van der Waals surface area contributed by atoms with Gasteiger partial charge in [-0.3, -0.25) is 9.36 Å². The second kappa shape index (κ2) is 10.4. The SMILES string of the molecule is C=CC(=O)N1C(C=C)CN(c2nc(=O)n3c4c(c(-c5ccc(F)cc5F)c(C(F)(F)F)cc24)SCC3)CC1CC. The lowest BCUT2D eigenvalue weighted by Crippen LogP contribution is -2.60. The maximum Gasteiger partial charge on any atom is 0.417 e. The van der Waals surface area contributed by atoms with Crippen molar-refractivity contribution in [3.63, 3.8) is 0 Å². The summed E-state index contributed by atoms with van der Waals surface area (Å²) in [6.07, 6.45) is -1.61. The van der Waals surface area contributed by atoms with Crippen molar-refractivity contribution in [2.24, 2.45) is 0 Å². The predicted octanol–water partition coefficient (Wildman–Crippen LogP) is 5.63. The molecule has 40 heavy (non-hydrogen) atoms. The minimum Gasteiger partial charge on any atom is -0.351 e. The number of hydrogen-bond acceptors (Lipinski definition) is 5. The first-order valence-electron chi connectivity index (χ1n) is 12.6. The molecule has 2 aliphatic rings. The largest absolute Gasteiger partial charge is 0.417 e. The molecule has 0 bridgehead atoms. The monoisotopic (exact) mass is 576 g/mol. The van der Waals surface area contributed by atoms with Gasteiger partial charge < -0.3 is 9.80 Å². The Bertz CT molecular complexity index is 1600. The van der Waals surface area contributed by atoms with Crippen LogP contribution in [0.5, 0.6) is 0 Å². The van der Waals surface area contributed by atoms with E-state index in [0.717, 1.165) is 30.0 Å². The Kier molecular flexibility index (Phi) is 7.24. The minimum absolute atomic E-state index is 0.0487. The van der Waals surface area contributed by atoms with Gasteiger partial charge in [0.1, 0.15) is 17.5 Å². The van der Waals surface area contributed by atoms with Gasteiger partial charge in [-0.1, -0.05) is 19.6 Å². The number of anilines is 1. The van der Waals surface area contributed by atoms with Gasteiger partial charge in [0.25, 0.3) is 0 Å². The third-order valence-electron chi connectivity index (χ3n) is 7.33. The minimum atomic E-state index is -4.90. The van der Waals surface area contributed by atoms with E-state index in [1.54, 1.807) is 15.9 Å². The van der Waals surface area contributed by atoms with E-state index in [4.69, 9.17) is 0 Å². The Morgan fingerprint density at radius 1 is 1.20 bits per heavy atom. The summed E-state index contributed by atoms with van der Waals surface area (Å²) < 4.78 is 73.7. The summed E-state index contributed by atoms with van der Waals surface area (Å²) in [4.78, 5) is 33.5. The fraction of sp³-hybridized carbons (Fsp3) is 0.321. The molecule has 3 heterocycles. The number of benzene rings is 2. The van der Waals surface area contributed by atoms with Crippen LogP contribution in [0.4, 0.5) is 27.8 Å². The second-order valence-corrected chi connectivity index (χ2v) is 10.7. The van der Waals surface area contributed by atoms with Gasteiger partial charge in [-0.05, 0) is 30.7 Å². The van der Waals surface area contributed by atoms with Crippen LogP contribution >= 0.6 is 11.8 Å². The number of piperazine rings is 1. The molecule has 2 aliphatic heterocycles. The van der Waals surface area contributed by atoms with Crippen LogP contribution in [0.25, 0.3) is 22.0 Å². The lowest BCUT2D eigenvalue weighted by molar-refractivity contribution is -0.137. The Morgan fingerprint density at radius 3 is 2.58 bits per heavy atom. The molecule has 0 aliphatic carbocycles. The molecule has 5 rings (SSSR count). The normalized spacial score (nSPS) is 19.1. The van der Waals surface area contributed by atoms with Crippen molar-refractivity contribution >= 4 is 34.4 Å². The van der Waals surface area contributed by atoms with Gasteiger partial charge >= 0.3 is 11.9 Å². The number of carbonyl (C=O) groups excluding carboxylic acids is 1. The summed E-state index contributed by atoms with van der Waals surface area (Å²) in [6, 6.07) is 2.45. The van der Waals surface area contributed by atoms with Crippen LogP contribution in [-0.4, -0.2) is 51.3 Å². The molecule has 12 heteroatoms. The van der Waals surface area contributed by atoms with Crippen LogP contribution in [0.1, 0.15) is 18.9 Å². The Morgan fingerprint density at radius 2 is 1.95 bits per heavy atom. The van der Waals surface area contributed by atoms with Gasteiger partial charge in [0.05, 0.1) is 17.1 Å². The number of rotatable bonds is 5. The van der Waals surface area contributed by atoms with E-state index < -0.39 is 46.2 Å². The number of hydrogen-bond donors (Lipinski definition) is 0. The van der Waals surface area contributed by atoms with Crippen LogP contribution in [-0.2, 0) is 17.5 Å². The van der Waals surface area contributed by atoms with Gasteiger partial charge in [-0.25, -0.2) is 13.6 Å². The quantitative estimate of drug-likeness (QED) is 0.224. The zero-order chi connectivity index (χ0) is 28.9. The smallest absolute Gasteiger partial charge is 0.351 e. The van der Waals surface area contributed by atoms with Crippen molar-refractivity contribution in [2.45, 2.75) is 43.0 Å². The molecular formula is C28H25F5N4O2S. The first kappa shape index (κ1) is 27.9. The number of aromatic nitrogens is 2. The summed E-state index contributed by atoms with van der Waals surface area (Å²) in [7, 11) is 0. The van der Waals surface area contributed by atoms with Crippen LogP contribution < -0.4 is 10.6 Å². The predicted molar refractivity (Wildman–Crippen MR) is 144 cm³/mol. The first-order chi connectivity index (χ1) is 19.0. The molecule has 2 aromatic carbocycles. The molecule has 1 amide bonds. The Hall–Kier alpha value is -3.67. The van der Waals surface area contributed by atoms with Gasteiger partial charge in [0.2, 0.25) is 5.91 Å². The maximum absolute atomic E-state index is 14.9. The fourth-order valence-corrected chi connectivity index (χ4v) is 6.74. The van der Waals surface area contributed by atoms with Gasteiger partial charge in [-0.2, -0.15) is 18.2 Å². The third kappa shape index (κ3) is 4.57. The highest BCUT2D eigenvalue weighted by Crippen LogP contribution is 2.49. The number of halogens is 5. The second-order valence-electron chi connectivity index (χ2n) is 9.58. The van der Waals surface area contributed by atoms with E-state index in [-0.39, 0.29) is 59.0 Å². The number of amides is 1. The first-order valence-corrected chi connectivity index (χ1v) is 13.6. The Labute approximate surface area is 230 Å². The number of alkyl halides is 3. The van der Waals surface area contributed by atoms with Gasteiger partial charge in [0.15, 0.2) is 0 Å². The maximum atomic E-state index is 14.9. The molecule has 0 saturated carbocycles. The van der Waals surface area contributed by atoms with E-state index in [1.807, 2.05) is 6.92 Å². The third-order valence-corrected chi connectivity index (χ3v) is 8.40. The molecule has 210 valence electrons. The average Bonchev–Trinajstić information content (AvgIpc) is 2.93. The summed E-state index contributed by atoms with van der Waals surface area (Å²) >= 11 is 1.08. The molecule has 2 atom stereocenters. The molecule has 6 nitrogen and oxygen atoms in total. The molecule has 1 fully saturated rings. The summed E-state index contributed by atoms with van der Waals surface area (Å²) in [5, 5.41) is 0.0848. The van der Waals surface area contributed by atoms with Crippen LogP contribution in [0, 0.1) is 11.6 Å². The molecule has 0 spiro atoms. The summed E-state index contributed by atoms with van der Waals surface area (Å²) in [5.41, 5.74) is -2.40. The van der Waals surface area contributed by atoms with Crippen molar-refractivity contribution in [1.82, 2.24) is 14.5 Å². The number of thioether (sulfide) groups is 1. The molecule has 0 radical (unpaired) electrons. The average molecular weight is 577 g/mol. The molecule has 2 unspecified atom stereocenters. The molecular weight excluding hydrogens is 551 g/mol. The van der Waals surface area contributed by atoms with Gasteiger partial charge in [0, 0.05) is 58.9 Å². The van der Waals surface area contributed by atoms with Crippen LogP contribution in [0.3, 0.4) is 0 Å². The zero-order valence-corrected chi connectivity index (χ0v) is 22.3. The molecule has 3 aromatic rings. The van der Waals surface area contributed by atoms with E-state index in [2.05, 4.69) is 18.1 Å². The van der Waals surface area contributed by atoms with Crippen molar-refractivity contribution in [1.29, 1.82) is 0 Å². The van der Waals surface area contributed by atoms with E-state index >= 15 is 0 Å². The van der Waals surface area contributed by atoms with Crippen molar-refractivity contribution in [2.75, 3.05) is 23.7 Å². The highest BCUT2D eigenvalue weighted by atomic mass is 32.2. The fourth-order valence-electron chi connectivity index (χ4n) is 5.54. The number of nitrogens with zero attached hydrogens (tertiary/aromatic N) is 4. The Balaban J connectivity index is 1.80. The number of aryl methyl sites for hydroxylation is 1. The van der Waals surface area contributed by atoms with Crippen LogP contribution in [0.2, 0.25) is 0 Å². The lowest BCUT2D eigenvalue weighted by atomic mass is 9.95. The summed E-state index contributed by atoms with van der Waals surface area (Å²) in [6.45, 7) is 9.82. The van der Waals surface area contributed by atoms with Crippen LogP contribution in [0.15, 0.2) is 59.3 Å². The lowest BCUT2D eigenvalue weighted by Gasteiger charge is -2.46. The van der Waals surface area contributed by atoms with Crippen molar-refractivity contribution < 1.29 is 26.7 Å². The van der Waals surface area contributed by atoms with E-state index in [0.29, 0.717) is 12.5 Å². The summed E-state index contributed by atoms with van der Waals surface area (Å²) in [5.74, 6) is -2.05. The number of carbonyl (C=O) groups is 1. The van der Waals surface area contributed by atoms with Gasteiger partial charge in [-0.15, -0.1) is 18.3 Å². The highest BCUT2D eigenvalue weighted by molar-refractivity contribution is 7.99. The zero-order valence-electron chi connectivity index (χ0n) is 21.5. The van der Waals surface area contributed by atoms with Crippen molar-refractivity contribution in [3.8, 4) is 11.1 Å². The topological polar surface area (TPSA) is 58.4 Å². The highest BCUT2D eigenvalue weighted by Gasteiger charge is 2.40. The standard InChI is InChI=1S/C28H25F5N4O2S/c1-4-16-13-35(14-17(5-2)37(16)22(38)6-3)26-19-12-20(28(31,32)33)23(18-8-7-15(29)11-21(18)30)25-24(19)36(9-10-40-25)27(39)34-26/h4,6-8,11-12,16-17H,1,3,5,9-10,13-14H2,2H3. The van der Waals surface area contributed by atoms with E-state index in [9.17, 15) is 31.5 Å². The molecule has 1 aromatic heterocycles. The molecule has 0 N–H and O–H groups in total. The van der Waals surface area contributed by atoms with Crippen molar-refractivity contribution in [3.05, 3.63) is 77.3 Å². The molecule has 1 saturated heterocycles.